The minimum absolute atomic E-state index is 0. The molecule has 0 N–H and O–H groups in total. The van der Waals surface area contributed by atoms with Crippen LogP contribution in [0, 0.1) is 32.7 Å². The van der Waals surface area contributed by atoms with Gasteiger partial charge in [0, 0.05) is 55.9 Å². The van der Waals surface area contributed by atoms with E-state index in [1.807, 2.05) is 24.3 Å². The molecule has 0 atom stereocenters. The zero-order valence-electron chi connectivity index (χ0n) is 36.1. The molecule has 5 heteroatoms. The molecule has 1 radical (unpaired) electrons. The molecule has 4 aromatic heterocycles. The van der Waals surface area contributed by atoms with Gasteiger partial charge in [0.15, 0.2) is 0 Å². The number of hydrogen-bond acceptors (Lipinski definition) is 4. The first-order valence-electron chi connectivity index (χ1n) is 20.0. The topological polar surface area (TPSA) is 51.8 Å². The molecule has 0 fully saturated rings. The molecule has 0 spiro atoms. The van der Waals surface area contributed by atoms with E-state index < -0.39 is 20.6 Å². The van der Waals surface area contributed by atoms with Gasteiger partial charge in [-0.3, -0.25) is 0 Å². The van der Waals surface area contributed by atoms with E-state index in [4.69, 9.17) is 16.8 Å². The molecule has 0 saturated heterocycles. The Bertz CT molecular complexity index is 2680. The van der Waals surface area contributed by atoms with Crippen LogP contribution in [0.5, 0.6) is 0 Å². The largest absolute Gasteiger partial charge is 0.486 e. The van der Waals surface area contributed by atoms with Crippen LogP contribution >= 0.6 is 0 Å². The monoisotopic (exact) mass is 825 g/mol. The van der Waals surface area contributed by atoms with E-state index in [1.54, 1.807) is 24.4 Å². The van der Waals surface area contributed by atoms with Crippen LogP contribution in [0.25, 0.3) is 66.5 Å². The third-order valence-electron chi connectivity index (χ3n) is 8.21. The molecule has 4 aromatic carbocycles. The summed E-state index contributed by atoms with van der Waals surface area (Å²) in [6.45, 7) is 0.0369. The van der Waals surface area contributed by atoms with Crippen molar-refractivity contribution in [3.05, 3.63) is 150 Å². The van der Waals surface area contributed by atoms with Crippen molar-refractivity contribution in [2.75, 3.05) is 0 Å². The Kier molecular flexibility index (Phi) is 6.86. The number of benzene rings is 4. The van der Waals surface area contributed by atoms with Crippen molar-refractivity contribution in [3.63, 3.8) is 0 Å². The second-order valence-electron chi connectivity index (χ2n) is 12.6. The third kappa shape index (κ3) is 7.24. The van der Waals surface area contributed by atoms with Gasteiger partial charge in [0.2, 0.25) is 5.71 Å². The summed E-state index contributed by atoms with van der Waals surface area (Å²) in [6, 6.07) is 37.9. The molecule has 0 amide bonds. The minimum Gasteiger partial charge on any atom is -0.486 e. The molecule has 4 nitrogen and oxygen atoms in total. The molecule has 0 saturated carbocycles. The Balaban J connectivity index is 0.000000230. The van der Waals surface area contributed by atoms with Crippen LogP contribution in [0.15, 0.2) is 120 Å². The van der Waals surface area contributed by atoms with Crippen molar-refractivity contribution >= 4 is 32.8 Å². The first-order valence-corrected chi connectivity index (χ1v) is 15.5. The van der Waals surface area contributed by atoms with Crippen LogP contribution in [0.4, 0.5) is 0 Å². The van der Waals surface area contributed by atoms with Gasteiger partial charge in [0.1, 0.15) is 0 Å². The Labute approximate surface area is 314 Å². The molecular formula is C44H37IrN3O-2. The average Bonchev–Trinajstić information content (AvgIpc) is 3.55. The Morgan fingerprint density at radius 3 is 2.27 bits per heavy atom. The number of pyridine rings is 3. The first kappa shape index (κ1) is 24.2. The van der Waals surface area contributed by atoms with Gasteiger partial charge in [-0.1, -0.05) is 87.1 Å². The molecule has 8 rings (SSSR count). The fraction of sp³-hybridized carbons (Fsp3) is 0.159. The number of aryl methyl sites for hydroxylation is 3. The van der Waals surface area contributed by atoms with Gasteiger partial charge < -0.3 is 14.4 Å². The van der Waals surface area contributed by atoms with Gasteiger partial charge in [-0.25, -0.2) is 4.98 Å². The second-order valence-corrected chi connectivity index (χ2v) is 12.6. The zero-order valence-corrected chi connectivity index (χ0v) is 29.4. The molecule has 4 heterocycles. The van der Waals surface area contributed by atoms with Crippen LogP contribution in [0.3, 0.4) is 0 Å². The van der Waals surface area contributed by atoms with E-state index in [-0.39, 0.29) is 42.3 Å². The molecule has 8 aromatic rings. The van der Waals surface area contributed by atoms with Gasteiger partial charge in [0.25, 0.3) is 0 Å². The van der Waals surface area contributed by atoms with E-state index in [0.29, 0.717) is 28.1 Å². The predicted octanol–water partition coefficient (Wildman–Crippen LogP) is 11.4. The molecule has 49 heavy (non-hydrogen) atoms. The van der Waals surface area contributed by atoms with Gasteiger partial charge in [-0.15, -0.1) is 53.6 Å². The number of hydrogen-bond donors (Lipinski definition) is 0. The maximum absolute atomic E-state index is 7.67. The molecule has 0 aliphatic heterocycles. The summed E-state index contributed by atoms with van der Waals surface area (Å²) < 4.78 is 72.7. The van der Waals surface area contributed by atoms with Crippen molar-refractivity contribution in [2.45, 2.75) is 46.7 Å². The summed E-state index contributed by atoms with van der Waals surface area (Å²) in [5.74, 6) is 0. The van der Waals surface area contributed by atoms with Gasteiger partial charge in [-0.2, -0.15) is 0 Å². The quantitative estimate of drug-likeness (QED) is 0.167. The molecule has 0 bridgehead atoms. The van der Waals surface area contributed by atoms with Gasteiger partial charge in [-0.05, 0) is 87.8 Å². The van der Waals surface area contributed by atoms with E-state index in [9.17, 15) is 0 Å². The van der Waals surface area contributed by atoms with Gasteiger partial charge in [0.05, 0.1) is 5.58 Å². The molecule has 0 aliphatic rings. The Morgan fingerprint density at radius 1 is 0.694 bits per heavy atom. The molecule has 0 aliphatic carbocycles. The summed E-state index contributed by atoms with van der Waals surface area (Å²) in [5, 5.41) is 4.01. The number of rotatable bonds is 3. The summed E-state index contributed by atoms with van der Waals surface area (Å²) in [7, 11) is 0. The number of aromatic nitrogens is 3. The molecule has 245 valence electrons. The third-order valence-corrected chi connectivity index (χ3v) is 8.21. The molecular weight excluding hydrogens is 779 g/mol. The van der Waals surface area contributed by atoms with Gasteiger partial charge >= 0.3 is 0 Å². The Morgan fingerprint density at radius 2 is 1.51 bits per heavy atom. The summed E-state index contributed by atoms with van der Waals surface area (Å²) in [6.07, 6.45) is 3.09. The zero-order chi connectivity index (χ0) is 40.9. The van der Waals surface area contributed by atoms with Crippen molar-refractivity contribution in [3.8, 4) is 33.6 Å². The van der Waals surface area contributed by atoms with Crippen LogP contribution < -0.4 is 0 Å². The van der Waals surface area contributed by atoms with Crippen LogP contribution in [0.2, 0.25) is 0 Å². The summed E-state index contributed by atoms with van der Waals surface area (Å²) >= 11 is 0. The van der Waals surface area contributed by atoms with E-state index in [2.05, 4.69) is 84.3 Å². The van der Waals surface area contributed by atoms with Crippen molar-refractivity contribution < 1.29 is 36.9 Å². The van der Waals surface area contributed by atoms with E-state index >= 15 is 0 Å². The fourth-order valence-electron chi connectivity index (χ4n) is 5.59. The van der Waals surface area contributed by atoms with Crippen LogP contribution in [0.1, 0.15) is 55.5 Å². The van der Waals surface area contributed by atoms with Crippen LogP contribution in [-0.2, 0) is 25.5 Å². The van der Waals surface area contributed by atoms with Crippen molar-refractivity contribution in [1.29, 1.82) is 0 Å². The summed E-state index contributed by atoms with van der Waals surface area (Å²) in [5.41, 5.74) is 7.43. The van der Waals surface area contributed by atoms with E-state index in [0.717, 1.165) is 27.6 Å². The predicted molar refractivity (Wildman–Crippen MR) is 198 cm³/mol. The van der Waals surface area contributed by atoms with Crippen molar-refractivity contribution in [1.82, 2.24) is 15.0 Å². The summed E-state index contributed by atoms with van der Waals surface area (Å²) in [4.78, 5) is 13.0. The average molecular weight is 825 g/mol. The maximum Gasteiger partial charge on any atom is 0.216 e. The maximum atomic E-state index is 7.67. The number of nitrogens with zero attached hydrogens (tertiary/aromatic N) is 3. The Hall–Kier alpha value is -4.96. The standard InChI is InChI=1S/C31H25N2O.C13H12N.Ir/c1-19-8-13-26-25-6-5-7-27(29(25)34-30(26)33-19)28-18-23(14-15-32-28)20-9-10-22-17-24(31(2,3)4)12-11-21(22)16-20;1-10-3-6-12(7-4-10)13-8-5-11(2)9-14-13;/h5-6,8-18H,1-4H3;3-6,8-9H,1-2H3;/q2*-1;/i1D3;1D3,2D3;. The normalized spacial score (nSPS) is 14.8. The molecule has 0 unspecified atom stereocenters. The number of furan rings is 1. The first-order chi connectivity index (χ1) is 26.8. The second kappa shape index (κ2) is 13.9. The number of fused-ring (bicyclic) bond motifs is 4. The minimum atomic E-state index is -2.30. The van der Waals surface area contributed by atoms with E-state index in [1.165, 1.54) is 46.8 Å². The SMILES string of the molecule is [2H]C([2H])([2H])c1c[c-]c(-c2ccc(C([2H])([2H])[2H])cn2)cc1.[2H]C([2H])([2H])c1ccc2c(n1)oc1c(-c3cc(-c4ccc5cc(C(C)(C)C)ccc5c4)ccn3)[c-]ccc12.[Ir]. The van der Waals surface area contributed by atoms with Crippen molar-refractivity contribution in [2.24, 2.45) is 0 Å². The van der Waals surface area contributed by atoms with Crippen LogP contribution in [-0.4, -0.2) is 15.0 Å². The fourth-order valence-corrected chi connectivity index (χ4v) is 5.59. The smallest absolute Gasteiger partial charge is 0.216 e.